The van der Waals surface area contributed by atoms with Crippen LogP contribution in [0.25, 0.3) is 22.6 Å². The summed E-state index contributed by atoms with van der Waals surface area (Å²) in [6.45, 7) is 6.91. The highest BCUT2D eigenvalue weighted by Crippen LogP contribution is 2.40. The smallest absolute Gasteiger partial charge is 0.381 e. The standard InChI is InChI=1S/C29H28F3N5/c1-19-13-20(2)26(36-11-12-37-27(36)16-25(35-37)22-8-6-10-33-18-22)15-24(19)34-17-21-7-5-9-23(14-21)28(3,4)29(30,31)32/h5-16,18,34H,17H2,1-4H3. The SMILES string of the molecule is Cc1cc(C)c(-n2ccn3nc(-c4cccnc4)cc23)cc1NCc1cccc(C(C)(C)C(F)(F)F)c1. The molecular weight excluding hydrogens is 475 g/mol. The molecule has 0 unspecified atom stereocenters. The predicted octanol–water partition coefficient (Wildman–Crippen LogP) is 7.26. The van der Waals surface area contributed by atoms with E-state index in [4.69, 9.17) is 0 Å². The Morgan fingerprint density at radius 3 is 2.46 bits per heavy atom. The van der Waals surface area contributed by atoms with Crippen LogP contribution < -0.4 is 5.32 Å². The molecule has 2 aromatic carbocycles. The molecule has 5 nitrogen and oxygen atoms in total. The van der Waals surface area contributed by atoms with Gasteiger partial charge in [-0.3, -0.25) is 9.55 Å². The molecule has 8 heteroatoms. The van der Waals surface area contributed by atoms with Gasteiger partial charge < -0.3 is 5.32 Å². The molecule has 1 N–H and O–H groups in total. The summed E-state index contributed by atoms with van der Waals surface area (Å²) in [7, 11) is 0. The number of halogens is 3. The van der Waals surface area contributed by atoms with Gasteiger partial charge in [-0.15, -0.1) is 0 Å². The molecule has 0 saturated heterocycles. The van der Waals surface area contributed by atoms with Gasteiger partial charge in [-0.25, -0.2) is 4.52 Å². The second-order valence-corrected chi connectivity index (χ2v) is 9.87. The number of imidazole rings is 1. The summed E-state index contributed by atoms with van der Waals surface area (Å²) < 4.78 is 44.6. The number of fused-ring (bicyclic) bond motifs is 1. The van der Waals surface area contributed by atoms with Gasteiger partial charge in [0, 0.05) is 48.6 Å². The summed E-state index contributed by atoms with van der Waals surface area (Å²) in [5, 5.41) is 8.11. The van der Waals surface area contributed by atoms with Crippen molar-refractivity contribution in [3.8, 4) is 16.9 Å². The van der Waals surface area contributed by atoms with Crippen molar-refractivity contribution in [2.45, 2.75) is 45.8 Å². The topological polar surface area (TPSA) is 47.2 Å². The zero-order valence-corrected chi connectivity index (χ0v) is 21.1. The largest absolute Gasteiger partial charge is 0.397 e. The van der Waals surface area contributed by atoms with E-state index >= 15 is 0 Å². The van der Waals surface area contributed by atoms with Crippen molar-refractivity contribution in [1.82, 2.24) is 19.2 Å². The number of aromatic nitrogens is 4. The van der Waals surface area contributed by atoms with Crippen LogP contribution in [0, 0.1) is 13.8 Å². The van der Waals surface area contributed by atoms with Gasteiger partial charge >= 0.3 is 6.18 Å². The molecule has 3 aromatic heterocycles. The first kappa shape index (κ1) is 24.6. The van der Waals surface area contributed by atoms with E-state index in [1.165, 1.54) is 19.9 Å². The van der Waals surface area contributed by atoms with Gasteiger partial charge in [0.1, 0.15) is 5.65 Å². The van der Waals surface area contributed by atoms with Crippen LogP contribution in [0.5, 0.6) is 0 Å². The maximum atomic E-state index is 13.6. The average molecular weight is 504 g/mol. The molecule has 0 bridgehead atoms. The van der Waals surface area contributed by atoms with Crippen molar-refractivity contribution in [3.63, 3.8) is 0 Å². The van der Waals surface area contributed by atoms with Gasteiger partial charge in [0.05, 0.1) is 16.8 Å². The molecule has 0 aliphatic carbocycles. The monoisotopic (exact) mass is 503 g/mol. The van der Waals surface area contributed by atoms with Gasteiger partial charge in [-0.05, 0) is 68.1 Å². The number of hydrogen-bond acceptors (Lipinski definition) is 3. The second kappa shape index (κ2) is 9.10. The Morgan fingerprint density at radius 2 is 1.73 bits per heavy atom. The molecule has 0 aliphatic rings. The summed E-state index contributed by atoms with van der Waals surface area (Å²) in [4.78, 5) is 4.19. The van der Waals surface area contributed by atoms with Gasteiger partial charge in [0.25, 0.3) is 0 Å². The number of nitrogens with one attached hydrogen (secondary N) is 1. The normalized spacial score (nSPS) is 12.3. The van der Waals surface area contributed by atoms with Crippen LogP contribution in [-0.4, -0.2) is 25.3 Å². The summed E-state index contributed by atoms with van der Waals surface area (Å²) >= 11 is 0. The van der Waals surface area contributed by atoms with Crippen molar-refractivity contribution >= 4 is 11.3 Å². The molecule has 190 valence electrons. The third-order valence-corrected chi connectivity index (χ3v) is 6.92. The molecule has 0 fully saturated rings. The number of alkyl halides is 3. The van der Waals surface area contributed by atoms with Crippen molar-refractivity contribution in [2.24, 2.45) is 0 Å². The summed E-state index contributed by atoms with van der Waals surface area (Å²) in [5.74, 6) is 0. The number of pyridine rings is 1. The summed E-state index contributed by atoms with van der Waals surface area (Å²) in [6.07, 6.45) is 3.08. The van der Waals surface area contributed by atoms with E-state index < -0.39 is 11.6 Å². The highest BCUT2D eigenvalue weighted by molar-refractivity contribution is 5.67. The Balaban J connectivity index is 1.44. The van der Waals surface area contributed by atoms with E-state index in [1.54, 1.807) is 24.5 Å². The van der Waals surface area contributed by atoms with E-state index in [9.17, 15) is 13.2 Å². The molecule has 3 heterocycles. The van der Waals surface area contributed by atoms with Crippen LogP contribution in [0.1, 0.15) is 36.1 Å². The number of rotatable bonds is 6. The minimum atomic E-state index is -4.33. The third kappa shape index (κ3) is 4.59. The Morgan fingerprint density at radius 1 is 0.919 bits per heavy atom. The van der Waals surface area contributed by atoms with E-state index in [2.05, 4.69) is 39.0 Å². The maximum Gasteiger partial charge on any atom is 0.397 e. The third-order valence-electron chi connectivity index (χ3n) is 6.92. The van der Waals surface area contributed by atoms with Gasteiger partial charge in [-0.1, -0.05) is 30.3 Å². The van der Waals surface area contributed by atoms with Crippen molar-refractivity contribution in [3.05, 3.63) is 102 Å². The predicted molar refractivity (Wildman–Crippen MR) is 140 cm³/mol. The molecular formula is C29H28F3N5. The van der Waals surface area contributed by atoms with Crippen LogP contribution in [0.3, 0.4) is 0 Å². The second-order valence-electron chi connectivity index (χ2n) is 9.87. The lowest BCUT2D eigenvalue weighted by molar-refractivity contribution is -0.180. The van der Waals surface area contributed by atoms with Crippen molar-refractivity contribution in [1.29, 1.82) is 0 Å². The number of benzene rings is 2. The molecule has 0 spiro atoms. The quantitative estimate of drug-likeness (QED) is 0.265. The van der Waals surface area contributed by atoms with Gasteiger partial charge in [0.2, 0.25) is 0 Å². The van der Waals surface area contributed by atoms with Gasteiger partial charge in [-0.2, -0.15) is 18.3 Å². The molecule has 0 atom stereocenters. The van der Waals surface area contributed by atoms with Crippen LogP contribution in [0.4, 0.5) is 18.9 Å². The number of hydrogen-bond donors (Lipinski definition) is 1. The Hall–Kier alpha value is -4.07. The molecule has 0 aliphatic heterocycles. The van der Waals surface area contributed by atoms with Crippen molar-refractivity contribution < 1.29 is 13.2 Å². The molecule has 5 rings (SSSR count). The lowest BCUT2D eigenvalue weighted by atomic mass is 9.83. The van der Waals surface area contributed by atoms with Crippen LogP contribution in [0.2, 0.25) is 0 Å². The highest BCUT2D eigenvalue weighted by atomic mass is 19.4. The minimum Gasteiger partial charge on any atom is -0.381 e. The maximum absolute atomic E-state index is 13.6. The van der Waals surface area contributed by atoms with Crippen LogP contribution in [0.15, 0.2) is 79.4 Å². The van der Waals surface area contributed by atoms with E-state index in [0.717, 1.165) is 45.0 Å². The molecule has 5 aromatic rings. The Labute approximate surface area is 213 Å². The first-order chi connectivity index (χ1) is 17.5. The van der Waals surface area contributed by atoms with Crippen LogP contribution >= 0.6 is 0 Å². The molecule has 0 amide bonds. The molecule has 0 radical (unpaired) electrons. The fraction of sp³-hybridized carbons (Fsp3) is 0.241. The summed E-state index contributed by atoms with van der Waals surface area (Å²) in [5.41, 5.74) is 5.87. The highest BCUT2D eigenvalue weighted by Gasteiger charge is 2.48. The molecule has 37 heavy (non-hydrogen) atoms. The average Bonchev–Trinajstić information content (AvgIpc) is 3.45. The summed E-state index contributed by atoms with van der Waals surface area (Å²) in [6, 6.07) is 16.8. The van der Waals surface area contributed by atoms with E-state index in [-0.39, 0.29) is 5.56 Å². The zero-order valence-electron chi connectivity index (χ0n) is 21.1. The lowest BCUT2D eigenvalue weighted by Gasteiger charge is -2.28. The fourth-order valence-corrected chi connectivity index (χ4v) is 4.46. The Bertz CT molecular complexity index is 1560. The number of nitrogens with zero attached hydrogens (tertiary/aromatic N) is 4. The van der Waals surface area contributed by atoms with E-state index in [0.29, 0.717) is 6.54 Å². The first-order valence-electron chi connectivity index (χ1n) is 12.0. The number of aryl methyl sites for hydroxylation is 2. The molecule has 0 saturated carbocycles. The fourth-order valence-electron chi connectivity index (χ4n) is 4.46. The first-order valence-corrected chi connectivity index (χ1v) is 12.0. The van der Waals surface area contributed by atoms with Crippen molar-refractivity contribution in [2.75, 3.05) is 5.32 Å². The zero-order chi connectivity index (χ0) is 26.4. The lowest BCUT2D eigenvalue weighted by Crippen LogP contribution is -2.36. The van der Waals surface area contributed by atoms with Crippen LogP contribution in [-0.2, 0) is 12.0 Å². The Kier molecular flexibility index (Phi) is 6.06. The minimum absolute atomic E-state index is 0.250. The van der Waals surface area contributed by atoms with E-state index in [1.807, 2.05) is 48.1 Å². The van der Waals surface area contributed by atoms with Gasteiger partial charge in [0.15, 0.2) is 0 Å². The number of anilines is 1.